The lowest BCUT2D eigenvalue weighted by Gasteiger charge is -2.22. The van der Waals surface area contributed by atoms with Gasteiger partial charge in [-0.05, 0) is 30.7 Å². The highest BCUT2D eigenvalue weighted by atomic mass is 16.3. The van der Waals surface area contributed by atoms with Crippen LogP contribution in [0.2, 0.25) is 0 Å². The maximum absolute atomic E-state index is 6.15. The number of benzene rings is 1. The van der Waals surface area contributed by atoms with Gasteiger partial charge >= 0.3 is 0 Å². The summed E-state index contributed by atoms with van der Waals surface area (Å²) in [7, 11) is 0. The van der Waals surface area contributed by atoms with Gasteiger partial charge in [0.15, 0.2) is 23.3 Å². The van der Waals surface area contributed by atoms with E-state index in [-0.39, 0.29) is 6.17 Å². The zero-order valence-electron chi connectivity index (χ0n) is 13.5. The summed E-state index contributed by atoms with van der Waals surface area (Å²) >= 11 is 0. The van der Waals surface area contributed by atoms with E-state index < -0.39 is 0 Å². The average molecular weight is 317 g/mol. The molecule has 5 rings (SSSR count). The molecule has 24 heavy (non-hydrogen) atoms. The molecular weight excluding hydrogens is 300 g/mol. The third-order valence-electron chi connectivity index (χ3n) is 4.71. The Balaban J connectivity index is 1.85. The van der Waals surface area contributed by atoms with Gasteiger partial charge in [0, 0.05) is 36.2 Å². The van der Waals surface area contributed by atoms with Crippen LogP contribution in [0.3, 0.4) is 0 Å². The van der Waals surface area contributed by atoms with E-state index >= 15 is 0 Å². The third kappa shape index (κ3) is 1.73. The van der Waals surface area contributed by atoms with Gasteiger partial charge in [-0.3, -0.25) is 10.2 Å². The molecule has 1 unspecified atom stereocenters. The lowest BCUT2D eigenvalue weighted by molar-refractivity contribution is -0.595. The Kier molecular flexibility index (Phi) is 2.69. The van der Waals surface area contributed by atoms with E-state index in [0.717, 1.165) is 33.5 Å². The summed E-state index contributed by atoms with van der Waals surface area (Å²) in [6.45, 7) is 4.30. The molecule has 118 valence electrons. The molecule has 4 aromatic rings. The van der Waals surface area contributed by atoms with Crippen molar-refractivity contribution in [2.75, 3.05) is 4.90 Å². The molecule has 3 aromatic heterocycles. The van der Waals surface area contributed by atoms with Gasteiger partial charge in [0.2, 0.25) is 5.71 Å². The average Bonchev–Trinajstić information content (AvgIpc) is 3.12. The van der Waals surface area contributed by atoms with Gasteiger partial charge in [-0.1, -0.05) is 12.1 Å². The number of fused-ring (bicyclic) bond motifs is 4. The highest BCUT2D eigenvalue weighted by molar-refractivity contribution is 6.09. The molecule has 1 aromatic carbocycles. The summed E-state index contributed by atoms with van der Waals surface area (Å²) < 4.78 is 6.15. The molecule has 1 aliphatic rings. The van der Waals surface area contributed by atoms with E-state index in [0.29, 0.717) is 5.71 Å². The molecule has 1 atom stereocenters. The Labute approximate surface area is 138 Å². The van der Waals surface area contributed by atoms with Crippen molar-refractivity contribution in [2.45, 2.75) is 20.0 Å². The van der Waals surface area contributed by atoms with Gasteiger partial charge in [0.05, 0.1) is 5.69 Å². The number of pyridine rings is 2. The summed E-state index contributed by atoms with van der Waals surface area (Å²) in [5.74, 6) is 0.981. The maximum Gasteiger partial charge on any atom is 0.227 e. The Bertz CT molecular complexity index is 1090. The second-order valence-electron chi connectivity index (χ2n) is 6.26. The molecule has 5 heteroatoms. The van der Waals surface area contributed by atoms with E-state index in [9.17, 15) is 0 Å². The van der Waals surface area contributed by atoms with Gasteiger partial charge in [-0.2, -0.15) is 0 Å². The first-order chi connectivity index (χ1) is 11.7. The summed E-state index contributed by atoms with van der Waals surface area (Å²) in [6.07, 6.45) is 3.83. The highest BCUT2D eigenvalue weighted by Crippen LogP contribution is 2.41. The lowest BCUT2D eigenvalue weighted by atomic mass is 10.1. The van der Waals surface area contributed by atoms with Crippen LogP contribution < -0.4 is 10.2 Å². The molecule has 0 fully saturated rings. The Morgan fingerprint density at radius 2 is 1.88 bits per heavy atom. The number of furan rings is 1. The van der Waals surface area contributed by atoms with Crippen molar-refractivity contribution >= 4 is 39.3 Å². The van der Waals surface area contributed by atoms with E-state index in [1.165, 1.54) is 5.56 Å². The normalized spacial score (nSPS) is 16.9. The molecule has 0 aliphatic carbocycles. The first-order valence-electron chi connectivity index (χ1n) is 8.10. The molecule has 4 heterocycles. The summed E-state index contributed by atoms with van der Waals surface area (Å²) in [5.41, 5.74) is 4.96. The molecule has 0 spiro atoms. The number of hydrogen-bond donors (Lipinski definition) is 1. The lowest BCUT2D eigenvalue weighted by Crippen LogP contribution is -2.83. The minimum absolute atomic E-state index is 0.223. The molecule has 0 radical (unpaired) electrons. The van der Waals surface area contributed by atoms with E-state index in [4.69, 9.17) is 4.42 Å². The van der Waals surface area contributed by atoms with Gasteiger partial charge in [0.1, 0.15) is 0 Å². The fraction of sp³-hybridized carbons (Fsp3) is 0.158. The fourth-order valence-electron chi connectivity index (χ4n) is 3.64. The van der Waals surface area contributed by atoms with Crippen molar-refractivity contribution < 1.29 is 9.73 Å². The second kappa shape index (κ2) is 4.79. The molecule has 2 N–H and O–H groups in total. The minimum Gasteiger partial charge on any atom is -0.435 e. The molecule has 5 nitrogen and oxygen atoms in total. The Hall–Kier alpha value is -2.92. The van der Waals surface area contributed by atoms with Gasteiger partial charge in [-0.25, -0.2) is 9.97 Å². The van der Waals surface area contributed by atoms with Gasteiger partial charge < -0.3 is 4.42 Å². The van der Waals surface area contributed by atoms with Crippen LogP contribution in [0.25, 0.3) is 22.1 Å². The third-order valence-corrected chi connectivity index (χ3v) is 4.71. The molecule has 0 saturated heterocycles. The van der Waals surface area contributed by atoms with Crippen LogP contribution in [0.1, 0.15) is 12.5 Å². The standard InChI is InChI=1S/C19H16N4O/c1-11-7-8-13-14-5-3-10-21-19(14)24-17(13)16(11)23-12(2)22-15-6-4-9-20-18(15)23/h3-10,12,22H,1-2H3/p+1. The molecule has 1 aliphatic heterocycles. The van der Waals surface area contributed by atoms with E-state index in [2.05, 4.69) is 58.3 Å². The zero-order chi connectivity index (χ0) is 16.3. The number of hydrogen-bond acceptors (Lipinski definition) is 4. The monoisotopic (exact) mass is 317 g/mol. The predicted molar refractivity (Wildman–Crippen MR) is 93.7 cm³/mol. The van der Waals surface area contributed by atoms with Crippen LogP contribution >= 0.6 is 0 Å². The molecule has 0 amide bonds. The number of rotatable bonds is 1. The second-order valence-corrected chi connectivity index (χ2v) is 6.26. The summed E-state index contributed by atoms with van der Waals surface area (Å²) in [6, 6.07) is 12.3. The van der Waals surface area contributed by atoms with Crippen molar-refractivity contribution in [1.82, 2.24) is 9.97 Å². The smallest absolute Gasteiger partial charge is 0.227 e. The van der Waals surface area contributed by atoms with Gasteiger partial charge in [0.25, 0.3) is 0 Å². The largest absolute Gasteiger partial charge is 0.435 e. The van der Waals surface area contributed by atoms with Crippen LogP contribution in [-0.4, -0.2) is 16.1 Å². The van der Waals surface area contributed by atoms with Crippen molar-refractivity contribution in [3.05, 3.63) is 54.4 Å². The van der Waals surface area contributed by atoms with Crippen LogP contribution in [0, 0.1) is 6.92 Å². The number of quaternary nitrogens is 1. The number of aromatic nitrogens is 2. The maximum atomic E-state index is 6.15. The van der Waals surface area contributed by atoms with Crippen LogP contribution in [-0.2, 0) is 0 Å². The van der Waals surface area contributed by atoms with Crippen molar-refractivity contribution in [3.63, 3.8) is 0 Å². The minimum atomic E-state index is 0.223. The molecule has 0 saturated carbocycles. The fourth-order valence-corrected chi connectivity index (χ4v) is 3.64. The van der Waals surface area contributed by atoms with Crippen molar-refractivity contribution in [2.24, 2.45) is 0 Å². The molecular formula is C19H17N4O+. The van der Waals surface area contributed by atoms with Crippen molar-refractivity contribution in [1.29, 1.82) is 0 Å². The topological polar surface area (TPSA) is 58.8 Å². The van der Waals surface area contributed by atoms with Gasteiger partial charge in [-0.15, -0.1) is 0 Å². The first-order valence-corrected chi connectivity index (χ1v) is 8.10. The SMILES string of the molecule is Cc1ccc2c(oc3ncccc32)c1N1c2ncccc2[NH2+]C1C. The summed E-state index contributed by atoms with van der Waals surface area (Å²) in [5, 5.41) is 4.38. The Morgan fingerprint density at radius 1 is 1.04 bits per heavy atom. The number of nitrogens with two attached hydrogens (primary N) is 1. The number of aryl methyl sites for hydroxylation is 1. The predicted octanol–water partition coefficient (Wildman–Crippen LogP) is 3.38. The zero-order valence-corrected chi connectivity index (χ0v) is 13.5. The number of anilines is 2. The van der Waals surface area contributed by atoms with E-state index in [1.807, 2.05) is 18.3 Å². The first kappa shape index (κ1) is 13.5. The van der Waals surface area contributed by atoms with Crippen molar-refractivity contribution in [3.8, 4) is 0 Å². The Morgan fingerprint density at radius 3 is 2.79 bits per heavy atom. The number of nitrogens with zero attached hydrogens (tertiary/aromatic N) is 3. The van der Waals surface area contributed by atoms with Crippen LogP contribution in [0.5, 0.6) is 0 Å². The highest BCUT2D eigenvalue weighted by Gasteiger charge is 2.35. The molecule has 0 bridgehead atoms. The summed E-state index contributed by atoms with van der Waals surface area (Å²) in [4.78, 5) is 11.2. The van der Waals surface area contributed by atoms with Crippen LogP contribution in [0.15, 0.2) is 53.2 Å². The van der Waals surface area contributed by atoms with Crippen LogP contribution in [0.4, 0.5) is 17.2 Å². The quantitative estimate of drug-likeness (QED) is 0.585. The van der Waals surface area contributed by atoms with E-state index in [1.54, 1.807) is 6.20 Å².